The molecule has 4 aromatic rings. The van der Waals surface area contributed by atoms with Gasteiger partial charge in [0.2, 0.25) is 5.91 Å². The first kappa shape index (κ1) is 25.8. The molecule has 36 heavy (non-hydrogen) atoms. The van der Waals surface area contributed by atoms with E-state index in [9.17, 15) is 4.79 Å². The summed E-state index contributed by atoms with van der Waals surface area (Å²) in [4.78, 5) is 12.7. The van der Waals surface area contributed by atoms with E-state index in [1.807, 2.05) is 41.8 Å². The van der Waals surface area contributed by atoms with Gasteiger partial charge in [0.1, 0.15) is 5.75 Å². The Morgan fingerprint density at radius 1 is 1.03 bits per heavy atom. The van der Waals surface area contributed by atoms with Crippen LogP contribution in [-0.2, 0) is 10.2 Å². The SMILES string of the molecule is COc1ccc(-n2c(SCC(=O)Nc3cc(Cl)ccc3C)nnc2-c2ccc(C(C)(C)C)cc2)cc1. The number of nitrogens with zero attached hydrogens (tertiary/aromatic N) is 3. The number of thioether (sulfide) groups is 1. The molecule has 1 aromatic heterocycles. The second-order valence-corrected chi connectivity index (χ2v) is 10.8. The van der Waals surface area contributed by atoms with Crippen molar-refractivity contribution in [1.29, 1.82) is 0 Å². The number of hydrogen-bond acceptors (Lipinski definition) is 5. The Hall–Kier alpha value is -3.29. The third-order valence-corrected chi connectivity index (χ3v) is 6.94. The predicted octanol–water partition coefficient (Wildman–Crippen LogP) is 6.93. The highest BCUT2D eigenvalue weighted by Crippen LogP contribution is 2.31. The van der Waals surface area contributed by atoms with E-state index in [0.29, 0.717) is 21.7 Å². The van der Waals surface area contributed by atoms with Crippen LogP contribution in [-0.4, -0.2) is 33.5 Å². The maximum atomic E-state index is 12.7. The summed E-state index contributed by atoms with van der Waals surface area (Å²) in [6.45, 7) is 8.49. The zero-order valence-electron chi connectivity index (χ0n) is 21.0. The maximum absolute atomic E-state index is 12.7. The summed E-state index contributed by atoms with van der Waals surface area (Å²) in [6.07, 6.45) is 0. The van der Waals surface area contributed by atoms with Crippen molar-refractivity contribution in [1.82, 2.24) is 14.8 Å². The molecule has 3 aromatic carbocycles. The largest absolute Gasteiger partial charge is 0.497 e. The molecule has 0 aliphatic carbocycles. The van der Waals surface area contributed by atoms with Crippen molar-refractivity contribution in [3.05, 3.63) is 82.9 Å². The van der Waals surface area contributed by atoms with Crippen LogP contribution < -0.4 is 10.1 Å². The van der Waals surface area contributed by atoms with E-state index in [0.717, 1.165) is 22.6 Å². The van der Waals surface area contributed by atoms with Gasteiger partial charge in [-0.3, -0.25) is 9.36 Å². The van der Waals surface area contributed by atoms with Crippen molar-refractivity contribution in [2.75, 3.05) is 18.2 Å². The fourth-order valence-corrected chi connectivity index (χ4v) is 4.60. The molecule has 186 valence electrons. The lowest BCUT2D eigenvalue weighted by atomic mass is 9.87. The lowest BCUT2D eigenvalue weighted by Crippen LogP contribution is -2.15. The summed E-state index contributed by atoms with van der Waals surface area (Å²) >= 11 is 7.42. The van der Waals surface area contributed by atoms with Crippen LogP contribution in [0, 0.1) is 6.92 Å². The molecule has 1 N–H and O–H groups in total. The first-order chi connectivity index (χ1) is 17.2. The van der Waals surface area contributed by atoms with Gasteiger partial charge >= 0.3 is 0 Å². The van der Waals surface area contributed by atoms with E-state index < -0.39 is 0 Å². The third-order valence-electron chi connectivity index (χ3n) is 5.78. The lowest BCUT2D eigenvalue weighted by Gasteiger charge is -2.19. The van der Waals surface area contributed by atoms with Gasteiger partial charge in [0.25, 0.3) is 0 Å². The Morgan fingerprint density at radius 3 is 2.36 bits per heavy atom. The van der Waals surface area contributed by atoms with Crippen molar-refractivity contribution in [2.45, 2.75) is 38.3 Å². The van der Waals surface area contributed by atoms with E-state index in [-0.39, 0.29) is 17.1 Å². The Bertz CT molecular complexity index is 1360. The van der Waals surface area contributed by atoms with Gasteiger partial charge in [-0.15, -0.1) is 10.2 Å². The quantitative estimate of drug-likeness (QED) is 0.267. The molecule has 0 radical (unpaired) electrons. The predicted molar refractivity (Wildman–Crippen MR) is 148 cm³/mol. The monoisotopic (exact) mass is 520 g/mol. The molecule has 8 heteroatoms. The minimum Gasteiger partial charge on any atom is -0.497 e. The average Bonchev–Trinajstić information content (AvgIpc) is 3.28. The van der Waals surface area contributed by atoms with Gasteiger partial charge in [-0.25, -0.2) is 0 Å². The van der Waals surface area contributed by atoms with Crippen LogP contribution in [0.25, 0.3) is 17.1 Å². The summed E-state index contributed by atoms with van der Waals surface area (Å²) in [5.41, 5.74) is 4.76. The van der Waals surface area contributed by atoms with Gasteiger partial charge in [0.05, 0.1) is 12.9 Å². The molecule has 0 bridgehead atoms. The Morgan fingerprint density at radius 2 is 1.72 bits per heavy atom. The normalized spacial score (nSPS) is 11.4. The number of benzene rings is 3. The van der Waals surface area contributed by atoms with Crippen LogP contribution in [0.15, 0.2) is 71.9 Å². The minimum absolute atomic E-state index is 0.0535. The topological polar surface area (TPSA) is 69.0 Å². The fraction of sp³-hybridized carbons (Fsp3) is 0.250. The molecule has 0 unspecified atom stereocenters. The summed E-state index contributed by atoms with van der Waals surface area (Å²) in [5.74, 6) is 1.48. The lowest BCUT2D eigenvalue weighted by molar-refractivity contribution is -0.113. The van der Waals surface area contributed by atoms with Gasteiger partial charge in [-0.1, -0.05) is 74.5 Å². The number of rotatable bonds is 7. The summed E-state index contributed by atoms with van der Waals surface area (Å²) < 4.78 is 7.29. The number of carbonyl (C=O) groups is 1. The average molecular weight is 521 g/mol. The van der Waals surface area contributed by atoms with E-state index in [2.05, 4.69) is 60.6 Å². The Labute approximate surface area is 221 Å². The summed E-state index contributed by atoms with van der Waals surface area (Å²) in [7, 11) is 1.64. The molecular formula is C28H29ClN4O2S. The number of nitrogens with one attached hydrogen (secondary N) is 1. The number of hydrogen-bond donors (Lipinski definition) is 1. The van der Waals surface area contributed by atoms with Gasteiger partial charge in [-0.2, -0.15) is 0 Å². The van der Waals surface area contributed by atoms with Gasteiger partial charge in [-0.05, 0) is 59.9 Å². The van der Waals surface area contributed by atoms with Crippen LogP contribution in [0.3, 0.4) is 0 Å². The zero-order valence-corrected chi connectivity index (χ0v) is 22.6. The fourth-order valence-electron chi connectivity index (χ4n) is 3.68. The Kier molecular flexibility index (Phi) is 7.71. The molecular weight excluding hydrogens is 492 g/mol. The molecule has 6 nitrogen and oxygen atoms in total. The highest BCUT2D eigenvalue weighted by Gasteiger charge is 2.19. The summed E-state index contributed by atoms with van der Waals surface area (Å²) in [6, 6.07) is 21.5. The van der Waals surface area contributed by atoms with Crippen molar-refractivity contribution in [2.24, 2.45) is 0 Å². The van der Waals surface area contributed by atoms with Crippen molar-refractivity contribution >= 4 is 35.0 Å². The number of anilines is 1. The number of halogens is 1. The molecule has 0 aliphatic rings. The van der Waals surface area contributed by atoms with E-state index in [1.165, 1.54) is 17.3 Å². The number of aromatic nitrogens is 3. The number of methoxy groups -OCH3 is 1. The standard InChI is InChI=1S/C28H29ClN4O2S/c1-18-6-11-21(29)16-24(18)30-25(34)17-36-27-32-31-26(19-7-9-20(10-8-19)28(2,3)4)33(27)22-12-14-23(35-5)15-13-22/h6-16H,17H2,1-5H3,(H,30,34). The molecule has 0 aliphatic heterocycles. The number of ether oxygens (including phenoxy) is 1. The third kappa shape index (κ3) is 5.91. The molecule has 0 saturated carbocycles. The van der Waals surface area contributed by atoms with Gasteiger partial charge in [0, 0.05) is 22.0 Å². The second-order valence-electron chi connectivity index (χ2n) is 9.46. The minimum atomic E-state index is -0.147. The molecule has 4 rings (SSSR count). The molecule has 0 saturated heterocycles. The molecule has 0 spiro atoms. The van der Waals surface area contributed by atoms with Crippen LogP contribution in [0.2, 0.25) is 5.02 Å². The number of amides is 1. The van der Waals surface area contributed by atoms with Gasteiger partial charge in [0.15, 0.2) is 11.0 Å². The smallest absolute Gasteiger partial charge is 0.234 e. The summed E-state index contributed by atoms with van der Waals surface area (Å²) in [5, 5.41) is 13.1. The second kappa shape index (κ2) is 10.8. The number of aryl methyl sites for hydroxylation is 1. The molecule has 0 fully saturated rings. The van der Waals surface area contributed by atoms with Crippen LogP contribution in [0.1, 0.15) is 31.9 Å². The first-order valence-electron chi connectivity index (χ1n) is 11.6. The van der Waals surface area contributed by atoms with Crippen molar-refractivity contribution in [3.63, 3.8) is 0 Å². The van der Waals surface area contributed by atoms with E-state index in [1.54, 1.807) is 19.2 Å². The van der Waals surface area contributed by atoms with E-state index in [4.69, 9.17) is 16.3 Å². The van der Waals surface area contributed by atoms with Crippen LogP contribution >= 0.6 is 23.4 Å². The van der Waals surface area contributed by atoms with Crippen LogP contribution in [0.4, 0.5) is 5.69 Å². The first-order valence-corrected chi connectivity index (χ1v) is 12.9. The maximum Gasteiger partial charge on any atom is 0.234 e. The molecule has 0 atom stereocenters. The zero-order chi connectivity index (χ0) is 25.9. The number of carbonyl (C=O) groups excluding carboxylic acids is 1. The molecule has 1 amide bonds. The molecule has 1 heterocycles. The van der Waals surface area contributed by atoms with E-state index >= 15 is 0 Å². The van der Waals surface area contributed by atoms with Crippen LogP contribution in [0.5, 0.6) is 5.75 Å². The highest BCUT2D eigenvalue weighted by molar-refractivity contribution is 7.99. The van der Waals surface area contributed by atoms with Gasteiger partial charge < -0.3 is 10.1 Å². The highest BCUT2D eigenvalue weighted by atomic mass is 35.5. The van der Waals surface area contributed by atoms with Crippen molar-refractivity contribution < 1.29 is 9.53 Å². The van der Waals surface area contributed by atoms with Crippen molar-refractivity contribution in [3.8, 4) is 22.8 Å². The Balaban J connectivity index is 1.63.